The average molecular weight is 324 g/mol. The Morgan fingerprint density at radius 2 is 2.00 bits per heavy atom. The summed E-state index contributed by atoms with van der Waals surface area (Å²) in [5.41, 5.74) is 3.39. The second kappa shape index (κ2) is 7.14. The molecule has 24 heavy (non-hydrogen) atoms. The number of imidazole rings is 1. The lowest BCUT2D eigenvalue weighted by Gasteiger charge is -2.18. The number of fused-ring (bicyclic) bond motifs is 1. The second-order valence-electron chi connectivity index (χ2n) is 5.64. The molecule has 0 spiro atoms. The highest BCUT2D eigenvalue weighted by Crippen LogP contribution is 2.17. The minimum atomic E-state index is -0.312. The van der Waals surface area contributed by atoms with Gasteiger partial charge >= 0.3 is 6.03 Å². The molecule has 0 fully saturated rings. The van der Waals surface area contributed by atoms with Crippen molar-refractivity contribution >= 4 is 17.4 Å². The number of anilines is 1. The maximum atomic E-state index is 12.3. The van der Waals surface area contributed by atoms with Crippen LogP contribution in [0.25, 0.3) is 5.65 Å². The standard InChI is InChI=1S/C18H20N4O2/c1-13-11-22-12-15(7-8-17(22)19-13)20-18(24)21-16(9-10-23)14-5-3-2-4-6-14/h2-8,11-12,16,23H,9-10H2,1H3,(H2,20,21,24)/t16-/m1/s1. The van der Waals surface area contributed by atoms with Crippen LogP contribution in [0.5, 0.6) is 0 Å². The lowest BCUT2D eigenvalue weighted by Crippen LogP contribution is -2.33. The molecule has 0 radical (unpaired) electrons. The molecular weight excluding hydrogens is 304 g/mol. The summed E-state index contributed by atoms with van der Waals surface area (Å²) in [6.45, 7) is 1.92. The molecule has 0 unspecified atom stereocenters. The van der Waals surface area contributed by atoms with Gasteiger partial charge in [0.1, 0.15) is 5.65 Å². The molecule has 2 amide bonds. The van der Waals surface area contributed by atoms with Crippen LogP contribution in [0.15, 0.2) is 54.9 Å². The van der Waals surface area contributed by atoms with E-state index in [0.29, 0.717) is 12.1 Å². The van der Waals surface area contributed by atoms with Gasteiger partial charge in [-0.15, -0.1) is 0 Å². The summed E-state index contributed by atoms with van der Waals surface area (Å²) < 4.78 is 1.87. The molecule has 6 heteroatoms. The molecule has 1 aromatic carbocycles. The van der Waals surface area contributed by atoms with Crippen molar-refractivity contribution in [2.24, 2.45) is 0 Å². The van der Waals surface area contributed by atoms with Crippen molar-refractivity contribution in [1.82, 2.24) is 14.7 Å². The molecule has 0 saturated carbocycles. The number of benzene rings is 1. The lowest BCUT2D eigenvalue weighted by molar-refractivity contribution is 0.239. The van der Waals surface area contributed by atoms with Crippen LogP contribution in [0.1, 0.15) is 23.7 Å². The Bertz CT molecular complexity index is 829. The third kappa shape index (κ3) is 3.72. The topological polar surface area (TPSA) is 78.7 Å². The van der Waals surface area contributed by atoms with Crippen molar-refractivity contribution in [2.75, 3.05) is 11.9 Å². The molecule has 6 nitrogen and oxygen atoms in total. The molecule has 1 atom stereocenters. The summed E-state index contributed by atoms with van der Waals surface area (Å²) in [7, 11) is 0. The van der Waals surface area contributed by atoms with E-state index in [-0.39, 0.29) is 18.7 Å². The van der Waals surface area contributed by atoms with Crippen molar-refractivity contribution in [2.45, 2.75) is 19.4 Å². The fourth-order valence-electron chi connectivity index (χ4n) is 2.65. The first-order valence-corrected chi connectivity index (χ1v) is 7.84. The fourth-order valence-corrected chi connectivity index (χ4v) is 2.65. The summed E-state index contributed by atoms with van der Waals surface area (Å²) in [5, 5.41) is 15.0. The number of amides is 2. The maximum Gasteiger partial charge on any atom is 0.319 e. The number of urea groups is 1. The summed E-state index contributed by atoms with van der Waals surface area (Å²) in [6.07, 6.45) is 4.17. The summed E-state index contributed by atoms with van der Waals surface area (Å²) in [6, 6.07) is 12.7. The number of aromatic nitrogens is 2. The molecule has 0 bridgehead atoms. The van der Waals surface area contributed by atoms with E-state index in [1.807, 2.05) is 66.2 Å². The number of rotatable bonds is 5. The van der Waals surface area contributed by atoms with Gasteiger partial charge in [-0.25, -0.2) is 9.78 Å². The molecule has 3 rings (SSSR count). The number of aliphatic hydroxyl groups is 1. The second-order valence-corrected chi connectivity index (χ2v) is 5.64. The van der Waals surface area contributed by atoms with Crippen LogP contribution < -0.4 is 10.6 Å². The summed E-state index contributed by atoms with van der Waals surface area (Å²) in [4.78, 5) is 16.6. The number of carbonyl (C=O) groups is 1. The van der Waals surface area contributed by atoms with Gasteiger partial charge in [-0.2, -0.15) is 0 Å². The van der Waals surface area contributed by atoms with E-state index >= 15 is 0 Å². The summed E-state index contributed by atoms with van der Waals surface area (Å²) >= 11 is 0. The molecule has 0 saturated heterocycles. The number of nitrogens with one attached hydrogen (secondary N) is 2. The van der Waals surface area contributed by atoms with E-state index in [4.69, 9.17) is 0 Å². The Morgan fingerprint density at radius 3 is 2.75 bits per heavy atom. The Labute approximate surface area is 140 Å². The van der Waals surface area contributed by atoms with Crippen LogP contribution in [0, 0.1) is 6.92 Å². The molecule has 0 aliphatic carbocycles. The van der Waals surface area contributed by atoms with Gasteiger partial charge in [-0.3, -0.25) is 0 Å². The van der Waals surface area contributed by atoms with E-state index in [2.05, 4.69) is 15.6 Å². The van der Waals surface area contributed by atoms with Gasteiger partial charge in [-0.05, 0) is 31.0 Å². The van der Waals surface area contributed by atoms with E-state index in [1.165, 1.54) is 0 Å². The average Bonchev–Trinajstić information content (AvgIpc) is 2.94. The van der Waals surface area contributed by atoms with E-state index < -0.39 is 0 Å². The molecule has 0 aliphatic heterocycles. The molecule has 3 aromatic rings. The number of aryl methyl sites for hydroxylation is 1. The number of aliphatic hydroxyl groups excluding tert-OH is 1. The first-order chi connectivity index (χ1) is 11.7. The zero-order chi connectivity index (χ0) is 16.9. The molecule has 2 aromatic heterocycles. The van der Waals surface area contributed by atoms with Gasteiger partial charge in [0.05, 0.1) is 17.4 Å². The van der Waals surface area contributed by atoms with Crippen molar-refractivity contribution < 1.29 is 9.90 Å². The normalized spacial score (nSPS) is 12.1. The number of nitrogens with zero attached hydrogens (tertiary/aromatic N) is 2. The van der Waals surface area contributed by atoms with Crippen molar-refractivity contribution in [1.29, 1.82) is 0 Å². The van der Waals surface area contributed by atoms with Crippen molar-refractivity contribution in [3.05, 3.63) is 66.1 Å². The Morgan fingerprint density at radius 1 is 1.21 bits per heavy atom. The predicted molar refractivity (Wildman–Crippen MR) is 93.0 cm³/mol. The molecule has 124 valence electrons. The van der Waals surface area contributed by atoms with Crippen LogP contribution in [0.4, 0.5) is 10.5 Å². The molecule has 2 heterocycles. The zero-order valence-electron chi connectivity index (χ0n) is 13.4. The third-order valence-corrected chi connectivity index (χ3v) is 3.75. The third-order valence-electron chi connectivity index (χ3n) is 3.75. The van der Waals surface area contributed by atoms with Crippen molar-refractivity contribution in [3.63, 3.8) is 0 Å². The van der Waals surface area contributed by atoms with Gasteiger partial charge in [-0.1, -0.05) is 30.3 Å². The number of hydrogen-bond acceptors (Lipinski definition) is 3. The largest absolute Gasteiger partial charge is 0.396 e. The van der Waals surface area contributed by atoms with Gasteiger partial charge in [0, 0.05) is 19.0 Å². The van der Waals surface area contributed by atoms with Crippen LogP contribution in [-0.4, -0.2) is 27.1 Å². The van der Waals surface area contributed by atoms with E-state index in [1.54, 1.807) is 0 Å². The predicted octanol–water partition coefficient (Wildman–Crippen LogP) is 2.89. The Kier molecular flexibility index (Phi) is 4.77. The van der Waals surface area contributed by atoms with Crippen LogP contribution >= 0.6 is 0 Å². The van der Waals surface area contributed by atoms with Crippen LogP contribution in [0.3, 0.4) is 0 Å². The SMILES string of the molecule is Cc1cn2cc(NC(=O)N[C@H](CCO)c3ccccc3)ccc2n1. The molecule has 0 aliphatic rings. The van der Waals surface area contributed by atoms with Gasteiger partial charge in [0.25, 0.3) is 0 Å². The minimum Gasteiger partial charge on any atom is -0.396 e. The number of hydrogen-bond donors (Lipinski definition) is 3. The minimum absolute atomic E-state index is 0.000113. The fraction of sp³-hybridized carbons (Fsp3) is 0.222. The lowest BCUT2D eigenvalue weighted by atomic mass is 10.0. The van der Waals surface area contributed by atoms with Crippen LogP contribution in [-0.2, 0) is 0 Å². The van der Waals surface area contributed by atoms with E-state index in [0.717, 1.165) is 16.9 Å². The zero-order valence-corrected chi connectivity index (χ0v) is 13.4. The Hall–Kier alpha value is -2.86. The first kappa shape index (κ1) is 16.0. The van der Waals surface area contributed by atoms with Gasteiger partial charge in [0.15, 0.2) is 0 Å². The smallest absolute Gasteiger partial charge is 0.319 e. The first-order valence-electron chi connectivity index (χ1n) is 7.84. The van der Waals surface area contributed by atoms with Gasteiger partial charge in [0.2, 0.25) is 0 Å². The maximum absolute atomic E-state index is 12.3. The van der Waals surface area contributed by atoms with E-state index in [9.17, 15) is 9.90 Å². The highest BCUT2D eigenvalue weighted by molar-refractivity contribution is 5.89. The Balaban J connectivity index is 1.70. The monoisotopic (exact) mass is 324 g/mol. The van der Waals surface area contributed by atoms with Crippen LogP contribution in [0.2, 0.25) is 0 Å². The molecule has 3 N–H and O–H groups in total. The number of pyridine rings is 1. The van der Waals surface area contributed by atoms with Crippen molar-refractivity contribution in [3.8, 4) is 0 Å². The highest BCUT2D eigenvalue weighted by atomic mass is 16.3. The van der Waals surface area contributed by atoms with Gasteiger partial charge < -0.3 is 20.1 Å². The molecular formula is C18H20N4O2. The highest BCUT2D eigenvalue weighted by Gasteiger charge is 2.14. The summed E-state index contributed by atoms with van der Waals surface area (Å²) in [5.74, 6) is 0. The number of carbonyl (C=O) groups excluding carboxylic acids is 1. The quantitative estimate of drug-likeness (QED) is 0.675.